The summed E-state index contributed by atoms with van der Waals surface area (Å²) < 4.78 is 7.29. The molecule has 6 nitrogen and oxygen atoms in total. The maximum Gasteiger partial charge on any atom is 0.341 e. The Balaban J connectivity index is 1.51. The quantitative estimate of drug-likeness (QED) is 0.297. The lowest BCUT2D eigenvalue weighted by molar-refractivity contribution is -0.115. The van der Waals surface area contributed by atoms with E-state index in [1.807, 2.05) is 51.1 Å². The number of nitrogens with one attached hydrogen (secondary N) is 1. The molecule has 0 radical (unpaired) electrons. The largest absolute Gasteiger partial charge is 0.465 e. The average molecular weight is 540 g/mol. The van der Waals surface area contributed by atoms with E-state index in [2.05, 4.69) is 14.9 Å². The molecule has 0 atom stereocenters. The normalized spacial score (nSPS) is 17.5. The fraction of sp³-hybridized carbons (Fsp3) is 0.296. The van der Waals surface area contributed by atoms with Gasteiger partial charge in [-0.2, -0.15) is 0 Å². The molecule has 1 aromatic carbocycles. The second kappa shape index (κ2) is 9.92. The van der Waals surface area contributed by atoms with Crippen molar-refractivity contribution in [1.82, 2.24) is 9.88 Å². The van der Waals surface area contributed by atoms with Gasteiger partial charge in [0.25, 0.3) is 5.91 Å². The predicted molar refractivity (Wildman–Crippen MR) is 148 cm³/mol. The Morgan fingerprint density at radius 1 is 1.22 bits per heavy atom. The molecule has 1 N–H and O–H groups in total. The minimum absolute atomic E-state index is 0.190. The SMILES string of the molecule is COC(=O)c1c(-n2c(C)cc(/C=C3\SC(=Nc4cccc(Cl)c4C)NC3=O)c2C)sc2c1CCCC2. The Morgan fingerprint density at radius 2 is 2.00 bits per heavy atom. The van der Waals surface area contributed by atoms with Gasteiger partial charge >= 0.3 is 5.97 Å². The number of benzene rings is 1. The molecule has 0 unspecified atom stereocenters. The summed E-state index contributed by atoms with van der Waals surface area (Å²) in [6, 6.07) is 7.58. The highest BCUT2D eigenvalue weighted by atomic mass is 35.5. The van der Waals surface area contributed by atoms with Crippen LogP contribution >= 0.6 is 34.7 Å². The zero-order valence-corrected chi connectivity index (χ0v) is 22.9. The summed E-state index contributed by atoms with van der Waals surface area (Å²) in [5.41, 5.74) is 6.28. The van der Waals surface area contributed by atoms with Crippen molar-refractivity contribution in [3.8, 4) is 5.00 Å². The fourth-order valence-electron chi connectivity index (χ4n) is 4.72. The average Bonchev–Trinajstić information content (AvgIpc) is 3.49. The molecular formula is C27H26ClN3O3S2. The number of carbonyl (C=O) groups excluding carboxylic acids is 2. The topological polar surface area (TPSA) is 72.7 Å². The van der Waals surface area contributed by atoms with Gasteiger partial charge in [-0.25, -0.2) is 9.79 Å². The first-order chi connectivity index (χ1) is 17.3. The number of aromatic nitrogens is 1. The number of aliphatic imine (C=N–C) groups is 1. The summed E-state index contributed by atoms with van der Waals surface area (Å²) >= 11 is 9.19. The van der Waals surface area contributed by atoms with E-state index in [1.165, 1.54) is 23.7 Å². The molecule has 1 saturated heterocycles. The highest BCUT2D eigenvalue weighted by molar-refractivity contribution is 8.18. The lowest BCUT2D eigenvalue weighted by atomic mass is 9.95. The molecule has 1 aliphatic carbocycles. The molecule has 36 heavy (non-hydrogen) atoms. The van der Waals surface area contributed by atoms with E-state index in [9.17, 15) is 9.59 Å². The minimum atomic E-state index is -0.292. The third-order valence-electron chi connectivity index (χ3n) is 6.61. The number of amides is 1. The molecule has 5 rings (SSSR count). The van der Waals surface area contributed by atoms with E-state index in [1.54, 1.807) is 11.3 Å². The van der Waals surface area contributed by atoms with Gasteiger partial charge in [-0.05, 0) is 99.2 Å². The van der Waals surface area contributed by atoms with E-state index in [4.69, 9.17) is 16.3 Å². The maximum atomic E-state index is 12.8. The first kappa shape index (κ1) is 24.9. The third kappa shape index (κ3) is 4.42. The summed E-state index contributed by atoms with van der Waals surface area (Å²) in [6.45, 7) is 5.94. The Kier molecular flexibility index (Phi) is 6.85. The van der Waals surface area contributed by atoms with Crippen LogP contribution in [0.4, 0.5) is 5.69 Å². The Hall–Kier alpha value is -2.81. The van der Waals surface area contributed by atoms with Crippen LogP contribution in [0.15, 0.2) is 34.2 Å². The second-order valence-electron chi connectivity index (χ2n) is 8.91. The van der Waals surface area contributed by atoms with Crippen molar-refractivity contribution in [1.29, 1.82) is 0 Å². The van der Waals surface area contributed by atoms with Gasteiger partial charge in [0.05, 0.1) is 23.3 Å². The number of thioether (sulfide) groups is 1. The summed E-state index contributed by atoms with van der Waals surface area (Å²) in [5, 5.41) is 4.91. The number of fused-ring (bicyclic) bond motifs is 1. The molecule has 3 heterocycles. The molecule has 9 heteroatoms. The summed E-state index contributed by atoms with van der Waals surface area (Å²) in [4.78, 5) is 32.0. The van der Waals surface area contributed by atoms with Crippen molar-refractivity contribution in [3.63, 3.8) is 0 Å². The molecule has 0 spiro atoms. The first-order valence-electron chi connectivity index (χ1n) is 11.7. The van der Waals surface area contributed by atoms with Crippen LogP contribution in [0.25, 0.3) is 11.1 Å². The highest BCUT2D eigenvalue weighted by Gasteiger charge is 2.29. The van der Waals surface area contributed by atoms with Crippen LogP contribution < -0.4 is 5.32 Å². The Bertz CT molecular complexity index is 1470. The summed E-state index contributed by atoms with van der Waals surface area (Å²) in [6.07, 6.45) is 6.00. The van der Waals surface area contributed by atoms with Crippen LogP contribution in [0.5, 0.6) is 0 Å². The Morgan fingerprint density at radius 3 is 2.78 bits per heavy atom. The fourth-order valence-corrected chi connectivity index (χ4v) is 7.20. The number of hydrogen-bond acceptors (Lipinski definition) is 6. The van der Waals surface area contributed by atoms with Crippen molar-refractivity contribution in [2.75, 3.05) is 7.11 Å². The number of rotatable bonds is 4. The van der Waals surface area contributed by atoms with Crippen LogP contribution in [0.1, 0.15) is 56.2 Å². The number of halogens is 1. The number of nitrogens with zero attached hydrogens (tertiary/aromatic N) is 2. The number of thiophene rings is 1. The van der Waals surface area contributed by atoms with Crippen LogP contribution in [0.2, 0.25) is 5.02 Å². The standard InChI is InChI=1S/C27H26ClN3O3S2/c1-14-12-17(13-22-24(32)30-27(36-22)29-20-10-7-9-19(28)15(20)2)16(3)31(14)25-23(26(33)34-4)18-8-5-6-11-21(18)35-25/h7,9-10,12-13H,5-6,8,11H2,1-4H3,(H,29,30,32)/b22-13-. The molecular weight excluding hydrogens is 514 g/mol. The lowest BCUT2D eigenvalue weighted by Gasteiger charge is -2.12. The van der Waals surface area contributed by atoms with Crippen molar-refractivity contribution < 1.29 is 14.3 Å². The van der Waals surface area contributed by atoms with Gasteiger partial charge in [0, 0.05) is 21.3 Å². The molecule has 2 aliphatic rings. The number of ether oxygens (including phenoxy) is 1. The van der Waals surface area contributed by atoms with Crippen LogP contribution in [0, 0.1) is 20.8 Å². The van der Waals surface area contributed by atoms with E-state index in [0.29, 0.717) is 20.7 Å². The minimum Gasteiger partial charge on any atom is -0.465 e. The number of aryl methyl sites for hydroxylation is 2. The first-order valence-corrected chi connectivity index (χ1v) is 13.8. The number of methoxy groups -OCH3 is 1. The third-order valence-corrected chi connectivity index (χ3v) is 9.21. The van der Waals surface area contributed by atoms with Crippen molar-refractivity contribution in [2.24, 2.45) is 4.99 Å². The van der Waals surface area contributed by atoms with E-state index >= 15 is 0 Å². The van der Waals surface area contributed by atoms with Crippen molar-refractivity contribution in [3.05, 3.63) is 72.7 Å². The predicted octanol–water partition coefficient (Wildman–Crippen LogP) is 6.67. The zero-order valence-electron chi connectivity index (χ0n) is 20.5. The molecule has 0 bridgehead atoms. The number of esters is 1. The van der Waals surface area contributed by atoms with Gasteiger partial charge in [0.15, 0.2) is 5.17 Å². The smallest absolute Gasteiger partial charge is 0.341 e. The number of amidine groups is 1. The second-order valence-corrected chi connectivity index (χ2v) is 11.4. The number of carbonyl (C=O) groups is 2. The van der Waals surface area contributed by atoms with E-state index in [0.717, 1.165) is 64.4 Å². The van der Waals surface area contributed by atoms with Gasteiger partial charge in [0.1, 0.15) is 5.00 Å². The van der Waals surface area contributed by atoms with E-state index in [-0.39, 0.29) is 11.9 Å². The zero-order chi connectivity index (χ0) is 25.6. The molecule has 186 valence electrons. The molecule has 2 aromatic heterocycles. The summed E-state index contributed by atoms with van der Waals surface area (Å²) in [7, 11) is 1.43. The maximum absolute atomic E-state index is 12.8. The highest BCUT2D eigenvalue weighted by Crippen LogP contribution is 2.40. The molecule has 1 aliphatic heterocycles. The number of hydrogen-bond donors (Lipinski definition) is 1. The Labute approximate surface area is 223 Å². The van der Waals surface area contributed by atoms with Crippen molar-refractivity contribution in [2.45, 2.75) is 46.5 Å². The van der Waals surface area contributed by atoms with Crippen LogP contribution in [-0.4, -0.2) is 28.7 Å². The molecule has 1 amide bonds. The molecule has 1 fully saturated rings. The van der Waals surface area contributed by atoms with Gasteiger partial charge in [0.2, 0.25) is 0 Å². The van der Waals surface area contributed by atoms with Gasteiger partial charge < -0.3 is 14.6 Å². The summed E-state index contributed by atoms with van der Waals surface area (Å²) in [5.74, 6) is -0.482. The monoisotopic (exact) mass is 539 g/mol. The molecule has 0 saturated carbocycles. The van der Waals surface area contributed by atoms with E-state index < -0.39 is 0 Å². The van der Waals surface area contributed by atoms with Crippen molar-refractivity contribution >= 4 is 63.5 Å². The molecule has 3 aromatic rings. The van der Waals surface area contributed by atoms with Gasteiger partial charge in [-0.3, -0.25) is 4.79 Å². The van der Waals surface area contributed by atoms with Crippen LogP contribution in [0.3, 0.4) is 0 Å². The lowest BCUT2D eigenvalue weighted by Crippen LogP contribution is -2.19. The van der Waals surface area contributed by atoms with Gasteiger partial charge in [-0.15, -0.1) is 11.3 Å². The van der Waals surface area contributed by atoms with Gasteiger partial charge in [-0.1, -0.05) is 17.7 Å². The van der Waals surface area contributed by atoms with Crippen LogP contribution in [-0.2, 0) is 22.4 Å².